The number of hydrogen-bond acceptors (Lipinski definition) is 2. The molecule has 1 aliphatic rings. The van der Waals surface area contributed by atoms with Crippen LogP contribution in [0.15, 0.2) is 152 Å². The maximum atomic E-state index is 10.1. The van der Waals surface area contributed by atoms with Crippen LogP contribution in [0.4, 0.5) is 11.4 Å². The smallest absolute Gasteiger partial charge is 0.0714 e. The van der Waals surface area contributed by atoms with Crippen molar-refractivity contribution in [1.29, 1.82) is 0 Å². The van der Waals surface area contributed by atoms with Crippen LogP contribution in [0.25, 0.3) is 22.3 Å². The van der Waals surface area contributed by atoms with Crippen LogP contribution in [0.1, 0.15) is 27.8 Å². The van der Waals surface area contributed by atoms with Gasteiger partial charge in [-0.05, 0) is 74.3 Å². The Labute approximate surface area is 241 Å². The molecule has 0 aromatic heterocycles. The fraction of sp³-hybridized carbons (Fsp3) is 0.0769. The molecule has 0 aliphatic heterocycles. The highest BCUT2D eigenvalue weighted by atomic mass is 16.3. The third kappa shape index (κ3) is 3.99. The van der Waals surface area contributed by atoms with Crippen LogP contribution in [0.5, 0.6) is 0 Å². The van der Waals surface area contributed by atoms with E-state index in [1.807, 2.05) is 24.3 Å². The highest BCUT2D eigenvalue weighted by Gasteiger charge is 2.46. The predicted molar refractivity (Wildman–Crippen MR) is 170 cm³/mol. The second-order valence-electron chi connectivity index (χ2n) is 10.7. The lowest BCUT2D eigenvalue weighted by atomic mass is 9.67. The number of nitrogens with zero attached hydrogens (tertiary/aromatic N) is 1. The first-order chi connectivity index (χ1) is 20.2. The third-order valence-electron chi connectivity index (χ3n) is 8.57. The molecular weight excluding hydrogens is 498 g/mol. The number of rotatable bonds is 6. The van der Waals surface area contributed by atoms with Crippen LogP contribution in [-0.2, 0) is 12.0 Å². The van der Waals surface area contributed by atoms with Gasteiger partial charge in [-0.25, -0.2) is 0 Å². The van der Waals surface area contributed by atoms with Crippen LogP contribution in [0.3, 0.4) is 0 Å². The molecule has 0 saturated carbocycles. The van der Waals surface area contributed by atoms with Crippen LogP contribution >= 0.6 is 0 Å². The molecule has 6 aromatic carbocycles. The Morgan fingerprint density at radius 3 is 1.71 bits per heavy atom. The minimum Gasteiger partial charge on any atom is -0.392 e. The lowest BCUT2D eigenvalue weighted by molar-refractivity contribution is 0.282. The van der Waals surface area contributed by atoms with Gasteiger partial charge in [0.1, 0.15) is 0 Å². The second kappa shape index (κ2) is 10.2. The average Bonchev–Trinajstić information content (AvgIpc) is 3.36. The monoisotopic (exact) mass is 529 g/mol. The Morgan fingerprint density at radius 2 is 1.05 bits per heavy atom. The van der Waals surface area contributed by atoms with Gasteiger partial charge in [0.2, 0.25) is 0 Å². The van der Waals surface area contributed by atoms with Crippen molar-refractivity contribution in [2.24, 2.45) is 0 Å². The fourth-order valence-electron chi connectivity index (χ4n) is 6.59. The van der Waals surface area contributed by atoms with E-state index in [0.29, 0.717) is 0 Å². The van der Waals surface area contributed by atoms with E-state index >= 15 is 0 Å². The topological polar surface area (TPSA) is 23.5 Å². The van der Waals surface area contributed by atoms with E-state index in [1.165, 1.54) is 33.4 Å². The molecule has 6 aromatic rings. The van der Waals surface area contributed by atoms with Crippen molar-refractivity contribution >= 4 is 11.4 Å². The van der Waals surface area contributed by atoms with E-state index < -0.39 is 5.41 Å². The molecule has 198 valence electrons. The average molecular weight is 530 g/mol. The lowest BCUT2D eigenvalue weighted by Crippen LogP contribution is -2.28. The number of aliphatic hydroxyl groups is 1. The molecule has 2 nitrogen and oxygen atoms in total. The normalized spacial score (nSPS) is 12.9. The number of anilines is 2. The van der Waals surface area contributed by atoms with Gasteiger partial charge < -0.3 is 10.0 Å². The summed E-state index contributed by atoms with van der Waals surface area (Å²) in [6.45, 7) is 0.00198. The molecule has 0 atom stereocenters. The molecule has 0 radical (unpaired) electrons. The maximum absolute atomic E-state index is 10.1. The third-order valence-corrected chi connectivity index (χ3v) is 8.57. The van der Waals surface area contributed by atoms with Gasteiger partial charge in [-0.15, -0.1) is 0 Å². The van der Waals surface area contributed by atoms with Crippen LogP contribution < -0.4 is 4.90 Å². The van der Waals surface area contributed by atoms with E-state index in [0.717, 1.165) is 28.1 Å². The van der Waals surface area contributed by atoms with Crippen molar-refractivity contribution in [2.75, 3.05) is 11.9 Å². The number of benzene rings is 6. The zero-order chi connectivity index (χ0) is 27.8. The van der Waals surface area contributed by atoms with Crippen molar-refractivity contribution in [3.05, 3.63) is 179 Å². The molecule has 0 bridgehead atoms. The van der Waals surface area contributed by atoms with Gasteiger partial charge in [-0.1, -0.05) is 127 Å². The van der Waals surface area contributed by atoms with Gasteiger partial charge in [0.25, 0.3) is 0 Å². The van der Waals surface area contributed by atoms with Crippen molar-refractivity contribution < 1.29 is 5.11 Å². The highest BCUT2D eigenvalue weighted by Crippen LogP contribution is 2.56. The molecule has 0 spiro atoms. The summed E-state index contributed by atoms with van der Waals surface area (Å²) in [7, 11) is 2.12. The second-order valence-corrected chi connectivity index (χ2v) is 10.7. The standard InChI is InChI=1S/C39H31NO/c1-40(32-22-21-29(27-41)36(25-32)28-13-5-2-6-14-28)33-23-24-35-34-19-11-12-20-37(34)39(38(35)26-33,30-15-7-3-8-16-30)31-17-9-4-10-18-31/h2-26,41H,27H2,1H3. The summed E-state index contributed by atoms with van der Waals surface area (Å²) < 4.78 is 0. The fourth-order valence-corrected chi connectivity index (χ4v) is 6.59. The van der Waals surface area contributed by atoms with Crippen molar-refractivity contribution in [1.82, 2.24) is 0 Å². The van der Waals surface area contributed by atoms with E-state index in [4.69, 9.17) is 0 Å². The Bertz CT molecular complexity index is 1790. The number of fused-ring (bicyclic) bond motifs is 3. The molecular formula is C39H31NO. The van der Waals surface area contributed by atoms with Crippen molar-refractivity contribution in [3.8, 4) is 22.3 Å². The van der Waals surface area contributed by atoms with E-state index in [-0.39, 0.29) is 6.61 Å². The van der Waals surface area contributed by atoms with Crippen LogP contribution in [0.2, 0.25) is 0 Å². The first-order valence-corrected chi connectivity index (χ1v) is 14.1. The van der Waals surface area contributed by atoms with Gasteiger partial charge in [-0.2, -0.15) is 0 Å². The number of hydrogen-bond donors (Lipinski definition) is 1. The van der Waals surface area contributed by atoms with Crippen molar-refractivity contribution in [2.45, 2.75) is 12.0 Å². The van der Waals surface area contributed by atoms with Gasteiger partial charge in [0, 0.05) is 18.4 Å². The summed E-state index contributed by atoms with van der Waals surface area (Å²) in [5, 5.41) is 10.1. The maximum Gasteiger partial charge on any atom is 0.0714 e. The zero-order valence-corrected chi connectivity index (χ0v) is 23.0. The van der Waals surface area contributed by atoms with Gasteiger partial charge >= 0.3 is 0 Å². The first kappa shape index (κ1) is 25.1. The summed E-state index contributed by atoms with van der Waals surface area (Å²) in [4.78, 5) is 2.25. The summed E-state index contributed by atoms with van der Waals surface area (Å²) in [5.74, 6) is 0. The zero-order valence-electron chi connectivity index (χ0n) is 23.0. The minimum absolute atomic E-state index is 0.00198. The summed E-state index contributed by atoms with van der Waals surface area (Å²) in [6, 6.07) is 54.1. The minimum atomic E-state index is -0.429. The van der Waals surface area contributed by atoms with Gasteiger partial charge in [0.15, 0.2) is 0 Å². The Morgan fingerprint density at radius 1 is 0.512 bits per heavy atom. The largest absolute Gasteiger partial charge is 0.392 e. The quantitative estimate of drug-likeness (QED) is 0.232. The molecule has 0 unspecified atom stereocenters. The highest BCUT2D eigenvalue weighted by molar-refractivity contribution is 5.88. The summed E-state index contributed by atoms with van der Waals surface area (Å²) >= 11 is 0. The molecule has 1 aliphatic carbocycles. The Hall–Kier alpha value is -4.92. The van der Waals surface area contributed by atoms with Crippen LogP contribution in [-0.4, -0.2) is 12.2 Å². The SMILES string of the molecule is CN(c1ccc(CO)c(-c2ccccc2)c1)c1ccc2c(c1)C(c1ccccc1)(c1ccccc1)c1ccccc1-2. The van der Waals surface area contributed by atoms with Gasteiger partial charge in [0.05, 0.1) is 12.0 Å². The molecule has 1 N–H and O–H groups in total. The van der Waals surface area contributed by atoms with E-state index in [2.05, 4.69) is 139 Å². The van der Waals surface area contributed by atoms with Crippen LogP contribution in [0, 0.1) is 0 Å². The van der Waals surface area contributed by atoms with Gasteiger partial charge in [-0.3, -0.25) is 0 Å². The summed E-state index contributed by atoms with van der Waals surface area (Å²) in [5.41, 5.74) is 12.5. The number of aliphatic hydroxyl groups excluding tert-OH is 1. The Kier molecular flexibility index (Phi) is 6.26. The first-order valence-electron chi connectivity index (χ1n) is 14.1. The molecule has 41 heavy (non-hydrogen) atoms. The molecule has 2 heteroatoms. The summed E-state index contributed by atoms with van der Waals surface area (Å²) in [6.07, 6.45) is 0. The van der Waals surface area contributed by atoms with E-state index in [1.54, 1.807) is 0 Å². The predicted octanol–water partition coefficient (Wildman–Crippen LogP) is 8.98. The molecule has 0 amide bonds. The molecule has 0 saturated heterocycles. The molecule has 7 rings (SSSR count). The molecule has 0 heterocycles. The lowest BCUT2D eigenvalue weighted by Gasteiger charge is -2.34. The Balaban J connectivity index is 1.43. The molecule has 0 fully saturated rings. The van der Waals surface area contributed by atoms with E-state index in [9.17, 15) is 5.11 Å². The van der Waals surface area contributed by atoms with Crippen molar-refractivity contribution in [3.63, 3.8) is 0 Å².